The number of nitriles is 1. The minimum atomic E-state index is 0.361. The summed E-state index contributed by atoms with van der Waals surface area (Å²) in [5, 5.41) is 9.19. The van der Waals surface area contributed by atoms with E-state index in [-0.39, 0.29) is 0 Å². The number of halogens is 1. The van der Waals surface area contributed by atoms with Gasteiger partial charge >= 0.3 is 0 Å². The molecule has 1 aromatic carbocycles. The molecule has 0 unspecified atom stereocenters. The largest absolute Gasteiger partial charge is 0.326 e. The Morgan fingerprint density at radius 3 is 2.76 bits per heavy atom. The van der Waals surface area contributed by atoms with Gasteiger partial charge in [0, 0.05) is 13.1 Å². The third kappa shape index (κ3) is 3.37. The standard InChI is InChI=1S/C16H21ClN4/c1-3-8-20(4-2)9-10-21-14-7-5-6-13(12-18)16(14)19-15(21)11-17/h5-7H,3-4,8-11H2,1-2H3. The van der Waals surface area contributed by atoms with E-state index in [1.54, 1.807) is 6.07 Å². The van der Waals surface area contributed by atoms with E-state index in [0.29, 0.717) is 11.4 Å². The van der Waals surface area contributed by atoms with Gasteiger partial charge in [0.25, 0.3) is 0 Å². The zero-order valence-electron chi connectivity index (χ0n) is 12.6. The first kappa shape index (κ1) is 15.8. The fourth-order valence-electron chi connectivity index (χ4n) is 2.62. The van der Waals surface area contributed by atoms with E-state index >= 15 is 0 Å². The molecular formula is C16H21ClN4. The van der Waals surface area contributed by atoms with Crippen molar-refractivity contribution in [2.45, 2.75) is 32.7 Å². The number of para-hydroxylation sites is 1. The van der Waals surface area contributed by atoms with Gasteiger partial charge in [-0.3, -0.25) is 0 Å². The molecule has 0 spiro atoms. The molecule has 2 rings (SSSR count). The van der Waals surface area contributed by atoms with E-state index in [1.807, 2.05) is 12.1 Å². The lowest BCUT2D eigenvalue weighted by molar-refractivity contribution is 0.277. The Morgan fingerprint density at radius 1 is 1.33 bits per heavy atom. The number of benzene rings is 1. The van der Waals surface area contributed by atoms with Gasteiger partial charge in [-0.1, -0.05) is 19.9 Å². The number of hydrogen-bond acceptors (Lipinski definition) is 3. The second-order valence-corrected chi connectivity index (χ2v) is 5.30. The first-order chi connectivity index (χ1) is 10.2. The molecule has 0 aliphatic rings. The van der Waals surface area contributed by atoms with Crippen molar-refractivity contribution >= 4 is 22.6 Å². The fourth-order valence-corrected chi connectivity index (χ4v) is 2.83. The summed E-state index contributed by atoms with van der Waals surface area (Å²) < 4.78 is 2.14. The topological polar surface area (TPSA) is 44.9 Å². The van der Waals surface area contributed by atoms with Crippen molar-refractivity contribution in [1.82, 2.24) is 14.5 Å². The van der Waals surface area contributed by atoms with Crippen molar-refractivity contribution in [3.63, 3.8) is 0 Å². The molecule has 4 nitrogen and oxygen atoms in total. The zero-order chi connectivity index (χ0) is 15.2. The van der Waals surface area contributed by atoms with E-state index in [1.165, 1.54) is 0 Å². The third-order valence-corrected chi connectivity index (χ3v) is 3.96. The highest BCUT2D eigenvalue weighted by Gasteiger charge is 2.13. The molecule has 0 atom stereocenters. The van der Waals surface area contributed by atoms with Gasteiger partial charge in [-0.2, -0.15) is 5.26 Å². The highest BCUT2D eigenvalue weighted by molar-refractivity contribution is 6.16. The van der Waals surface area contributed by atoms with Crippen molar-refractivity contribution in [2.24, 2.45) is 0 Å². The van der Waals surface area contributed by atoms with Crippen LogP contribution in [0.2, 0.25) is 0 Å². The van der Waals surface area contributed by atoms with Crippen molar-refractivity contribution in [1.29, 1.82) is 5.26 Å². The number of alkyl halides is 1. The van der Waals surface area contributed by atoms with Gasteiger partial charge in [-0.15, -0.1) is 11.6 Å². The average Bonchev–Trinajstić information content (AvgIpc) is 2.89. The van der Waals surface area contributed by atoms with Crippen LogP contribution in [0.4, 0.5) is 0 Å². The monoisotopic (exact) mass is 304 g/mol. The van der Waals surface area contributed by atoms with Crippen LogP contribution in [-0.2, 0) is 12.4 Å². The molecule has 2 aromatic rings. The molecular weight excluding hydrogens is 284 g/mol. The number of nitrogens with zero attached hydrogens (tertiary/aromatic N) is 4. The van der Waals surface area contributed by atoms with Gasteiger partial charge in [0.1, 0.15) is 17.4 Å². The lowest BCUT2D eigenvalue weighted by Crippen LogP contribution is -2.28. The fraction of sp³-hybridized carbons (Fsp3) is 0.500. The summed E-state index contributed by atoms with van der Waals surface area (Å²) >= 11 is 6.03. The molecule has 1 heterocycles. The lowest BCUT2D eigenvalue weighted by atomic mass is 10.2. The molecule has 21 heavy (non-hydrogen) atoms. The van der Waals surface area contributed by atoms with Crippen LogP contribution in [-0.4, -0.2) is 34.1 Å². The van der Waals surface area contributed by atoms with Crippen LogP contribution in [0.25, 0.3) is 11.0 Å². The summed E-state index contributed by atoms with van der Waals surface area (Å²) in [6.45, 7) is 8.33. The molecule has 0 radical (unpaired) electrons. The predicted molar refractivity (Wildman–Crippen MR) is 86.4 cm³/mol. The highest BCUT2D eigenvalue weighted by atomic mass is 35.5. The SMILES string of the molecule is CCCN(CC)CCn1c(CCl)nc2c(C#N)cccc21. The van der Waals surface area contributed by atoms with Gasteiger partial charge < -0.3 is 9.47 Å². The molecule has 0 fully saturated rings. The van der Waals surface area contributed by atoms with Crippen molar-refractivity contribution in [2.75, 3.05) is 19.6 Å². The van der Waals surface area contributed by atoms with Gasteiger partial charge in [0.15, 0.2) is 0 Å². The molecule has 5 heteroatoms. The van der Waals surface area contributed by atoms with Crippen LogP contribution in [0, 0.1) is 11.3 Å². The van der Waals surface area contributed by atoms with E-state index < -0.39 is 0 Å². The second kappa shape index (κ2) is 7.44. The van der Waals surface area contributed by atoms with Crippen LogP contribution >= 0.6 is 11.6 Å². The molecule has 0 bridgehead atoms. The summed E-state index contributed by atoms with van der Waals surface area (Å²) in [5.41, 5.74) is 2.37. The molecule has 0 N–H and O–H groups in total. The quantitative estimate of drug-likeness (QED) is 0.737. The third-order valence-electron chi connectivity index (χ3n) is 3.72. The number of likely N-dealkylation sites (N-methyl/N-ethyl adjacent to an activating group) is 1. The maximum absolute atomic E-state index is 9.19. The van der Waals surface area contributed by atoms with Gasteiger partial charge in [0.05, 0.1) is 17.0 Å². The summed E-state index contributed by atoms with van der Waals surface area (Å²) in [5.74, 6) is 1.20. The number of rotatable bonds is 7. The summed E-state index contributed by atoms with van der Waals surface area (Å²) in [4.78, 5) is 6.96. The number of fused-ring (bicyclic) bond motifs is 1. The van der Waals surface area contributed by atoms with E-state index in [2.05, 4.69) is 34.4 Å². The smallest absolute Gasteiger partial charge is 0.124 e. The minimum absolute atomic E-state index is 0.361. The Morgan fingerprint density at radius 2 is 2.14 bits per heavy atom. The molecule has 1 aromatic heterocycles. The molecule has 112 valence electrons. The molecule has 0 aliphatic carbocycles. The molecule has 0 saturated heterocycles. The summed E-state index contributed by atoms with van der Waals surface area (Å²) in [6.07, 6.45) is 1.15. The Labute approximate surface area is 130 Å². The zero-order valence-corrected chi connectivity index (χ0v) is 13.4. The van der Waals surface area contributed by atoms with Crippen LogP contribution in [0.1, 0.15) is 31.7 Å². The first-order valence-corrected chi connectivity index (χ1v) is 7.95. The summed E-state index contributed by atoms with van der Waals surface area (Å²) in [6, 6.07) is 7.91. The van der Waals surface area contributed by atoms with E-state index in [4.69, 9.17) is 11.6 Å². The van der Waals surface area contributed by atoms with Crippen molar-refractivity contribution in [3.05, 3.63) is 29.6 Å². The minimum Gasteiger partial charge on any atom is -0.326 e. The normalized spacial score (nSPS) is 11.2. The Bertz CT molecular complexity index is 641. The van der Waals surface area contributed by atoms with E-state index in [0.717, 1.165) is 49.5 Å². The van der Waals surface area contributed by atoms with Crippen LogP contribution in [0.3, 0.4) is 0 Å². The van der Waals surface area contributed by atoms with Crippen LogP contribution in [0.15, 0.2) is 18.2 Å². The molecule has 0 aliphatic heterocycles. The number of aromatic nitrogens is 2. The number of hydrogen-bond donors (Lipinski definition) is 0. The maximum atomic E-state index is 9.19. The Kier molecular flexibility index (Phi) is 5.60. The maximum Gasteiger partial charge on any atom is 0.124 e. The average molecular weight is 305 g/mol. The van der Waals surface area contributed by atoms with Crippen LogP contribution in [0.5, 0.6) is 0 Å². The Hall–Kier alpha value is -1.57. The van der Waals surface area contributed by atoms with E-state index in [9.17, 15) is 5.26 Å². The van der Waals surface area contributed by atoms with Crippen LogP contribution < -0.4 is 0 Å². The van der Waals surface area contributed by atoms with Crippen molar-refractivity contribution in [3.8, 4) is 6.07 Å². The molecule has 0 amide bonds. The predicted octanol–water partition coefficient (Wildman–Crippen LogP) is 3.38. The molecule has 0 saturated carbocycles. The van der Waals surface area contributed by atoms with Gasteiger partial charge in [-0.05, 0) is 31.6 Å². The summed E-state index contributed by atoms with van der Waals surface area (Å²) in [7, 11) is 0. The number of imidazole rings is 1. The Balaban J connectivity index is 2.32. The highest BCUT2D eigenvalue weighted by Crippen LogP contribution is 2.21. The van der Waals surface area contributed by atoms with Gasteiger partial charge in [0.2, 0.25) is 0 Å². The van der Waals surface area contributed by atoms with Crippen molar-refractivity contribution < 1.29 is 0 Å². The van der Waals surface area contributed by atoms with Gasteiger partial charge in [-0.25, -0.2) is 4.98 Å². The lowest BCUT2D eigenvalue weighted by Gasteiger charge is -2.20. The first-order valence-electron chi connectivity index (χ1n) is 7.41. The second-order valence-electron chi connectivity index (χ2n) is 5.03.